The summed E-state index contributed by atoms with van der Waals surface area (Å²) in [4.78, 5) is 8.96. The minimum atomic E-state index is -1.10. The van der Waals surface area contributed by atoms with E-state index < -0.39 is 8.07 Å². The van der Waals surface area contributed by atoms with Gasteiger partial charge >= 0.3 is 0 Å². The Kier molecular flexibility index (Phi) is 6.81. The first-order chi connectivity index (χ1) is 13.9. The van der Waals surface area contributed by atoms with E-state index in [1.54, 1.807) is 6.33 Å². The first-order valence-corrected chi connectivity index (χ1v) is 13.7. The van der Waals surface area contributed by atoms with Crippen molar-refractivity contribution in [3.63, 3.8) is 0 Å². The van der Waals surface area contributed by atoms with E-state index in [1.165, 1.54) is 6.21 Å². The number of oxime groups is 1. The van der Waals surface area contributed by atoms with E-state index >= 15 is 0 Å². The number of hydrogen-bond acceptors (Lipinski definition) is 6. The topological polar surface area (TPSA) is 90.4 Å². The monoisotopic (exact) mass is 414 g/mol. The number of rotatable bonds is 10. The summed E-state index contributed by atoms with van der Waals surface area (Å²) in [6, 6.07) is 3.31. The Morgan fingerprint density at radius 2 is 2.14 bits per heavy atom. The van der Waals surface area contributed by atoms with Gasteiger partial charge < -0.3 is 14.5 Å². The highest BCUT2D eigenvalue weighted by Gasteiger charge is 2.15. The lowest BCUT2D eigenvalue weighted by molar-refractivity contribution is 0.0899. The maximum Gasteiger partial charge on any atom is 0.145 e. The van der Waals surface area contributed by atoms with Crippen molar-refractivity contribution < 1.29 is 9.94 Å². The van der Waals surface area contributed by atoms with Gasteiger partial charge in [-0.2, -0.15) is 5.10 Å². The molecule has 9 heteroatoms. The Morgan fingerprint density at radius 1 is 1.31 bits per heavy atom. The number of hydrogen-bond donors (Lipinski definition) is 1. The van der Waals surface area contributed by atoms with E-state index in [0.29, 0.717) is 13.2 Å². The highest BCUT2D eigenvalue weighted by Crippen LogP contribution is 2.27. The predicted molar refractivity (Wildman–Crippen MR) is 117 cm³/mol. The molecule has 0 aliphatic rings. The summed E-state index contributed by atoms with van der Waals surface area (Å²) in [5.74, 6) is 0. The molecule has 0 saturated heterocycles. The van der Waals surface area contributed by atoms with Gasteiger partial charge in [0.25, 0.3) is 0 Å². The van der Waals surface area contributed by atoms with Gasteiger partial charge in [-0.3, -0.25) is 4.68 Å². The average molecular weight is 415 g/mol. The normalized spacial score (nSPS) is 13.5. The van der Waals surface area contributed by atoms with Crippen molar-refractivity contribution in [2.75, 3.05) is 6.61 Å². The molecule has 156 valence electrons. The third kappa shape index (κ3) is 5.30. The fourth-order valence-electron chi connectivity index (χ4n) is 3.17. The van der Waals surface area contributed by atoms with Crippen LogP contribution in [0.5, 0.6) is 0 Å². The minimum absolute atomic E-state index is 0.140. The van der Waals surface area contributed by atoms with Gasteiger partial charge in [0, 0.05) is 50.7 Å². The number of ether oxygens (including phenoxy) is 1. The lowest BCUT2D eigenvalue weighted by Crippen LogP contribution is -2.22. The maximum absolute atomic E-state index is 8.69. The third-order valence-electron chi connectivity index (χ3n) is 4.96. The Labute approximate surface area is 172 Å². The minimum Gasteiger partial charge on any atom is -0.411 e. The van der Waals surface area contributed by atoms with Crippen LogP contribution < -0.4 is 0 Å². The molecule has 0 amide bonds. The van der Waals surface area contributed by atoms with E-state index in [1.807, 2.05) is 33.9 Å². The fraction of sp³-hybridized carbons (Fsp3) is 0.500. The molecule has 0 aliphatic heterocycles. The molecule has 3 aromatic rings. The van der Waals surface area contributed by atoms with E-state index in [-0.39, 0.29) is 6.04 Å². The van der Waals surface area contributed by atoms with Crippen LogP contribution in [-0.4, -0.2) is 50.4 Å². The van der Waals surface area contributed by atoms with Crippen molar-refractivity contribution in [3.8, 4) is 11.3 Å². The van der Waals surface area contributed by atoms with Gasteiger partial charge in [-0.1, -0.05) is 26.6 Å². The first kappa shape index (κ1) is 21.2. The molecule has 0 radical (unpaired) electrons. The summed E-state index contributed by atoms with van der Waals surface area (Å²) in [6.45, 7) is 10.4. The molecule has 1 atom stereocenters. The molecule has 0 spiro atoms. The molecule has 0 bridgehead atoms. The molecular weight excluding hydrogens is 384 g/mol. The SMILES string of the molecule is CCC(C/C=N\O)n1cc(-c2ncnc3c2ccn3COCC[Si](C)(C)C)cn1. The van der Waals surface area contributed by atoms with Gasteiger partial charge in [0.1, 0.15) is 18.7 Å². The summed E-state index contributed by atoms with van der Waals surface area (Å²) >= 11 is 0. The van der Waals surface area contributed by atoms with Gasteiger partial charge in [0.15, 0.2) is 0 Å². The summed E-state index contributed by atoms with van der Waals surface area (Å²) in [5, 5.41) is 17.3. The van der Waals surface area contributed by atoms with Crippen LogP contribution in [0.25, 0.3) is 22.3 Å². The number of nitrogens with zero attached hydrogens (tertiary/aromatic N) is 6. The zero-order valence-corrected chi connectivity index (χ0v) is 18.6. The molecule has 0 aliphatic carbocycles. The second kappa shape index (κ2) is 9.32. The third-order valence-corrected chi connectivity index (χ3v) is 6.67. The molecule has 3 rings (SSSR count). The summed E-state index contributed by atoms with van der Waals surface area (Å²) in [7, 11) is -1.10. The molecule has 3 aromatic heterocycles. The smallest absolute Gasteiger partial charge is 0.145 e. The summed E-state index contributed by atoms with van der Waals surface area (Å²) in [6.07, 6.45) is 10.4. The van der Waals surface area contributed by atoms with Crippen LogP contribution in [0.1, 0.15) is 25.8 Å². The molecular formula is C20H30N6O2Si. The standard InChI is InChI=1S/C20H30N6O2Si/c1-5-17(6-8-24-27)26-13-16(12-23-26)19-18-7-9-25(20(18)22-14-21-19)15-28-10-11-29(2,3)4/h7-9,12-14,17,27H,5-6,10-11,15H2,1-4H3/b24-8-. The quantitative estimate of drug-likeness (QED) is 0.174. The Hall–Kier alpha value is -2.52. The Bertz CT molecular complexity index is 959. The van der Waals surface area contributed by atoms with Gasteiger partial charge in [-0.25, -0.2) is 9.97 Å². The highest BCUT2D eigenvalue weighted by atomic mass is 28.3. The molecule has 0 saturated carbocycles. The van der Waals surface area contributed by atoms with Crippen LogP contribution in [0.15, 0.2) is 36.1 Å². The molecule has 8 nitrogen and oxygen atoms in total. The maximum atomic E-state index is 8.69. The van der Waals surface area contributed by atoms with Crippen molar-refractivity contribution >= 4 is 25.3 Å². The molecule has 0 fully saturated rings. The zero-order valence-electron chi connectivity index (χ0n) is 17.6. The fourth-order valence-corrected chi connectivity index (χ4v) is 3.93. The Balaban J connectivity index is 1.78. The lowest BCUT2D eigenvalue weighted by Gasteiger charge is -2.15. The first-order valence-electron chi connectivity index (χ1n) is 10.0. The molecule has 1 N–H and O–H groups in total. The molecule has 3 heterocycles. The van der Waals surface area contributed by atoms with Crippen LogP contribution in [0, 0.1) is 0 Å². The average Bonchev–Trinajstić information content (AvgIpc) is 3.32. The molecule has 1 unspecified atom stereocenters. The van der Waals surface area contributed by atoms with Gasteiger partial charge in [0.2, 0.25) is 0 Å². The van der Waals surface area contributed by atoms with Crippen molar-refractivity contribution in [2.45, 2.75) is 58.2 Å². The molecule has 29 heavy (non-hydrogen) atoms. The molecule has 0 aromatic carbocycles. The van der Waals surface area contributed by atoms with Crippen LogP contribution >= 0.6 is 0 Å². The summed E-state index contributed by atoms with van der Waals surface area (Å²) in [5.41, 5.74) is 2.65. The van der Waals surface area contributed by atoms with Crippen molar-refractivity contribution in [2.24, 2.45) is 5.16 Å². The van der Waals surface area contributed by atoms with Crippen LogP contribution in [-0.2, 0) is 11.5 Å². The van der Waals surface area contributed by atoms with E-state index in [0.717, 1.165) is 41.4 Å². The van der Waals surface area contributed by atoms with Gasteiger partial charge in [0.05, 0.1) is 17.9 Å². The highest BCUT2D eigenvalue weighted by molar-refractivity contribution is 6.76. The second-order valence-electron chi connectivity index (χ2n) is 8.40. The van der Waals surface area contributed by atoms with E-state index in [2.05, 4.69) is 46.8 Å². The van der Waals surface area contributed by atoms with E-state index in [4.69, 9.17) is 9.94 Å². The largest absolute Gasteiger partial charge is 0.411 e. The number of fused-ring (bicyclic) bond motifs is 1. The van der Waals surface area contributed by atoms with Crippen molar-refractivity contribution in [3.05, 3.63) is 31.0 Å². The predicted octanol–water partition coefficient (Wildman–Crippen LogP) is 4.41. The van der Waals surface area contributed by atoms with Gasteiger partial charge in [-0.05, 0) is 18.5 Å². The Morgan fingerprint density at radius 3 is 2.86 bits per heavy atom. The zero-order chi connectivity index (χ0) is 20.9. The van der Waals surface area contributed by atoms with Crippen LogP contribution in [0.3, 0.4) is 0 Å². The van der Waals surface area contributed by atoms with Crippen molar-refractivity contribution in [1.82, 2.24) is 24.3 Å². The number of aromatic nitrogens is 5. The lowest BCUT2D eigenvalue weighted by atomic mass is 10.1. The van der Waals surface area contributed by atoms with Crippen LogP contribution in [0.2, 0.25) is 25.7 Å². The van der Waals surface area contributed by atoms with E-state index in [9.17, 15) is 0 Å². The second-order valence-corrected chi connectivity index (χ2v) is 14.0. The van der Waals surface area contributed by atoms with Crippen LogP contribution in [0.4, 0.5) is 0 Å². The summed E-state index contributed by atoms with van der Waals surface area (Å²) < 4.78 is 9.80. The van der Waals surface area contributed by atoms with Gasteiger partial charge in [-0.15, -0.1) is 5.16 Å². The van der Waals surface area contributed by atoms with Crippen molar-refractivity contribution in [1.29, 1.82) is 0 Å².